The maximum atomic E-state index is 12.6. The van der Waals surface area contributed by atoms with Crippen LogP contribution in [-0.4, -0.2) is 96.9 Å². The lowest BCUT2D eigenvalue weighted by Gasteiger charge is -2.38. The second kappa shape index (κ2) is 9.18. The third-order valence-electron chi connectivity index (χ3n) is 6.11. The normalized spacial score (nSPS) is 29.0. The third kappa shape index (κ3) is 5.43. The summed E-state index contributed by atoms with van der Waals surface area (Å²) in [5, 5.41) is 0. The lowest BCUT2D eigenvalue weighted by atomic mass is 9.92. The molecule has 0 saturated carbocycles. The highest BCUT2D eigenvalue weighted by atomic mass is 16.2. The van der Waals surface area contributed by atoms with Crippen molar-refractivity contribution >= 4 is 11.8 Å². The van der Waals surface area contributed by atoms with E-state index in [0.29, 0.717) is 24.9 Å². The number of nitrogens with zero attached hydrogens (tertiary/aromatic N) is 4. The maximum absolute atomic E-state index is 12.6. The molecule has 3 fully saturated rings. The van der Waals surface area contributed by atoms with E-state index in [9.17, 15) is 9.59 Å². The highest BCUT2D eigenvalue weighted by molar-refractivity contribution is 5.79. The number of piperazine rings is 1. The Kier molecular flexibility index (Phi) is 6.92. The first-order chi connectivity index (χ1) is 12.5. The largest absolute Gasteiger partial charge is 0.342 e. The molecule has 0 bridgehead atoms. The van der Waals surface area contributed by atoms with Crippen LogP contribution in [0.5, 0.6) is 0 Å². The van der Waals surface area contributed by atoms with Crippen molar-refractivity contribution < 1.29 is 9.59 Å². The van der Waals surface area contributed by atoms with Crippen LogP contribution in [0.25, 0.3) is 0 Å². The van der Waals surface area contributed by atoms with Crippen molar-refractivity contribution in [2.75, 3.05) is 65.4 Å². The first-order valence-corrected chi connectivity index (χ1v) is 10.5. The fraction of sp³-hybridized carbons (Fsp3) is 0.900. The van der Waals surface area contributed by atoms with E-state index in [1.54, 1.807) is 0 Å². The number of likely N-dealkylation sites (tertiary alicyclic amines) is 2. The van der Waals surface area contributed by atoms with Crippen LogP contribution in [0.1, 0.15) is 39.5 Å². The van der Waals surface area contributed by atoms with Gasteiger partial charge in [-0.05, 0) is 37.5 Å². The molecule has 0 aliphatic carbocycles. The molecule has 6 heteroatoms. The van der Waals surface area contributed by atoms with Gasteiger partial charge in [0.2, 0.25) is 11.8 Å². The van der Waals surface area contributed by atoms with Gasteiger partial charge in [0.25, 0.3) is 0 Å². The van der Waals surface area contributed by atoms with Gasteiger partial charge in [-0.15, -0.1) is 0 Å². The summed E-state index contributed by atoms with van der Waals surface area (Å²) in [6, 6.07) is 0. The highest BCUT2D eigenvalue weighted by Crippen LogP contribution is 2.21. The van der Waals surface area contributed by atoms with Crippen molar-refractivity contribution in [1.29, 1.82) is 0 Å². The van der Waals surface area contributed by atoms with Crippen molar-refractivity contribution in [1.82, 2.24) is 19.6 Å². The molecule has 2 atom stereocenters. The molecule has 0 aromatic heterocycles. The van der Waals surface area contributed by atoms with Gasteiger partial charge >= 0.3 is 0 Å². The maximum Gasteiger partial charge on any atom is 0.236 e. The minimum atomic E-state index is 0.279. The fourth-order valence-electron chi connectivity index (χ4n) is 4.70. The summed E-state index contributed by atoms with van der Waals surface area (Å²) in [6.45, 7) is 12.8. The van der Waals surface area contributed by atoms with E-state index in [2.05, 4.69) is 28.5 Å². The lowest BCUT2D eigenvalue weighted by molar-refractivity contribution is -0.137. The van der Waals surface area contributed by atoms with Crippen LogP contribution in [0.2, 0.25) is 0 Å². The van der Waals surface area contributed by atoms with Crippen LogP contribution in [0.3, 0.4) is 0 Å². The summed E-state index contributed by atoms with van der Waals surface area (Å²) >= 11 is 0. The molecular weight excluding hydrogens is 328 g/mol. The summed E-state index contributed by atoms with van der Waals surface area (Å²) in [4.78, 5) is 33.6. The van der Waals surface area contributed by atoms with Gasteiger partial charge in [0, 0.05) is 52.4 Å². The van der Waals surface area contributed by atoms with Crippen LogP contribution < -0.4 is 0 Å². The minimum Gasteiger partial charge on any atom is -0.342 e. The first-order valence-electron chi connectivity index (χ1n) is 10.5. The molecule has 3 heterocycles. The van der Waals surface area contributed by atoms with Gasteiger partial charge in [-0.25, -0.2) is 0 Å². The molecule has 0 radical (unpaired) electrons. The van der Waals surface area contributed by atoms with Gasteiger partial charge in [-0.3, -0.25) is 19.4 Å². The molecule has 0 aromatic rings. The van der Waals surface area contributed by atoms with E-state index in [1.165, 1.54) is 12.8 Å². The van der Waals surface area contributed by atoms with Crippen LogP contribution >= 0.6 is 0 Å². The number of piperidine rings is 2. The molecule has 6 nitrogen and oxygen atoms in total. The second-order valence-electron chi connectivity index (χ2n) is 8.74. The molecule has 3 aliphatic rings. The van der Waals surface area contributed by atoms with Gasteiger partial charge < -0.3 is 9.80 Å². The Hall–Kier alpha value is -1.14. The quantitative estimate of drug-likeness (QED) is 0.750. The fourth-order valence-corrected chi connectivity index (χ4v) is 4.70. The van der Waals surface area contributed by atoms with Crippen LogP contribution in [0, 0.1) is 11.8 Å². The Balaban J connectivity index is 1.38. The topological polar surface area (TPSA) is 47.1 Å². The monoisotopic (exact) mass is 364 g/mol. The minimum absolute atomic E-state index is 0.279. The molecule has 0 aromatic carbocycles. The van der Waals surface area contributed by atoms with E-state index in [-0.39, 0.29) is 11.8 Å². The molecule has 0 spiro atoms. The number of carbonyl (C=O) groups excluding carboxylic acids is 2. The molecule has 26 heavy (non-hydrogen) atoms. The van der Waals surface area contributed by atoms with E-state index < -0.39 is 0 Å². The van der Waals surface area contributed by atoms with Crippen molar-refractivity contribution in [3.05, 3.63) is 0 Å². The number of hydrogen-bond donors (Lipinski definition) is 0. The summed E-state index contributed by atoms with van der Waals surface area (Å²) < 4.78 is 0. The third-order valence-corrected chi connectivity index (χ3v) is 6.11. The Morgan fingerprint density at radius 2 is 1.15 bits per heavy atom. The average molecular weight is 365 g/mol. The van der Waals surface area contributed by atoms with Gasteiger partial charge in [-0.2, -0.15) is 0 Å². The Morgan fingerprint density at radius 1 is 0.692 bits per heavy atom. The van der Waals surface area contributed by atoms with Gasteiger partial charge in [0.1, 0.15) is 0 Å². The lowest BCUT2D eigenvalue weighted by Crippen LogP contribution is -2.53. The van der Waals surface area contributed by atoms with E-state index >= 15 is 0 Å². The number of hydrogen-bond acceptors (Lipinski definition) is 4. The molecule has 2 unspecified atom stereocenters. The zero-order valence-electron chi connectivity index (χ0n) is 16.7. The van der Waals surface area contributed by atoms with Crippen LogP contribution in [0.15, 0.2) is 0 Å². The van der Waals surface area contributed by atoms with Gasteiger partial charge in [-0.1, -0.05) is 13.8 Å². The van der Waals surface area contributed by atoms with Gasteiger partial charge in [0.05, 0.1) is 13.1 Å². The van der Waals surface area contributed by atoms with E-state index in [0.717, 1.165) is 65.2 Å². The molecule has 0 N–H and O–H groups in total. The molecule has 2 amide bonds. The van der Waals surface area contributed by atoms with Gasteiger partial charge in [0.15, 0.2) is 0 Å². The summed E-state index contributed by atoms with van der Waals surface area (Å²) in [5.41, 5.74) is 0. The number of rotatable bonds is 4. The van der Waals surface area contributed by atoms with Crippen LogP contribution in [0.4, 0.5) is 0 Å². The van der Waals surface area contributed by atoms with Crippen molar-refractivity contribution in [2.24, 2.45) is 11.8 Å². The zero-order chi connectivity index (χ0) is 18.5. The Labute approximate surface area is 158 Å². The number of amides is 2. The van der Waals surface area contributed by atoms with Crippen molar-refractivity contribution in [3.63, 3.8) is 0 Å². The summed E-state index contributed by atoms with van der Waals surface area (Å²) in [6.07, 6.45) is 4.78. The molecular formula is C20H36N4O2. The van der Waals surface area contributed by atoms with Crippen LogP contribution in [-0.2, 0) is 9.59 Å². The van der Waals surface area contributed by atoms with Crippen molar-refractivity contribution in [2.45, 2.75) is 39.5 Å². The standard InChI is InChI=1S/C20H36N4O2/c1-17-12-18(2)14-24(13-17)20(26)16-22-10-8-21(9-11-22)15-19(25)23-6-4-3-5-7-23/h17-18H,3-16H2,1-2H3. The highest BCUT2D eigenvalue weighted by Gasteiger charge is 2.28. The SMILES string of the molecule is CC1CC(C)CN(C(=O)CN2CCN(CC(=O)N3CCCCC3)CC2)C1. The van der Waals surface area contributed by atoms with E-state index in [1.807, 2.05) is 4.90 Å². The molecule has 148 valence electrons. The first kappa shape index (κ1) is 19.6. The molecule has 3 saturated heterocycles. The number of carbonyl (C=O) groups is 2. The van der Waals surface area contributed by atoms with E-state index in [4.69, 9.17) is 0 Å². The molecule has 3 rings (SSSR count). The molecule has 3 aliphatic heterocycles. The predicted octanol–water partition coefficient (Wildman–Crippen LogP) is 1.12. The Bertz CT molecular complexity index is 474. The Morgan fingerprint density at radius 3 is 1.65 bits per heavy atom. The summed E-state index contributed by atoms with van der Waals surface area (Å²) in [5.74, 6) is 1.78. The summed E-state index contributed by atoms with van der Waals surface area (Å²) in [7, 11) is 0. The smallest absolute Gasteiger partial charge is 0.236 e. The average Bonchev–Trinajstić information content (AvgIpc) is 2.63. The predicted molar refractivity (Wildman–Crippen MR) is 103 cm³/mol. The second-order valence-corrected chi connectivity index (χ2v) is 8.74. The van der Waals surface area contributed by atoms with Crippen molar-refractivity contribution in [3.8, 4) is 0 Å². The zero-order valence-corrected chi connectivity index (χ0v) is 16.7.